The van der Waals surface area contributed by atoms with Gasteiger partial charge in [-0.2, -0.15) is 0 Å². The van der Waals surface area contributed by atoms with Crippen molar-refractivity contribution in [2.45, 2.75) is 44.8 Å². The number of carbonyl (C=O) groups is 1. The van der Waals surface area contributed by atoms with Crippen LogP contribution in [0.5, 0.6) is 0 Å². The summed E-state index contributed by atoms with van der Waals surface area (Å²) in [5.41, 5.74) is 1.06. The van der Waals surface area contributed by atoms with Crippen molar-refractivity contribution in [1.29, 1.82) is 0 Å². The van der Waals surface area contributed by atoms with E-state index in [2.05, 4.69) is 10.3 Å². The fourth-order valence-corrected chi connectivity index (χ4v) is 3.37. The van der Waals surface area contributed by atoms with E-state index in [0.29, 0.717) is 16.8 Å². The molecule has 0 unspecified atom stereocenters. The first-order valence-corrected chi connectivity index (χ1v) is 8.58. The lowest BCUT2D eigenvalue weighted by atomic mass is 9.89. The normalized spacial score (nSPS) is 20.5. The molecule has 2 N–H and O–H groups in total. The number of hydrogen-bond donors (Lipinski definition) is 2. The Morgan fingerprint density at radius 2 is 2.08 bits per heavy atom. The van der Waals surface area contributed by atoms with Gasteiger partial charge < -0.3 is 10.4 Å². The van der Waals surface area contributed by atoms with Gasteiger partial charge in [0.15, 0.2) is 0 Å². The average molecular weight is 342 g/mol. The molecule has 2 atom stereocenters. The fourth-order valence-electron chi connectivity index (χ4n) is 3.37. The number of hydrogen-bond acceptors (Lipinski definition) is 3. The predicted molar refractivity (Wildman–Crippen MR) is 94.5 cm³/mol. The second-order valence-corrected chi connectivity index (χ2v) is 7.28. The third-order valence-electron chi connectivity index (χ3n) is 4.91. The Morgan fingerprint density at radius 1 is 1.28 bits per heavy atom. The molecule has 5 heteroatoms. The van der Waals surface area contributed by atoms with Gasteiger partial charge in [-0.05, 0) is 63.3 Å². The predicted octanol–water partition coefficient (Wildman–Crippen LogP) is 3.56. The molecular formula is C20H23FN2O2. The summed E-state index contributed by atoms with van der Waals surface area (Å²) >= 11 is 0. The molecule has 1 aromatic heterocycles. The summed E-state index contributed by atoms with van der Waals surface area (Å²) < 4.78 is 13.3. The smallest absolute Gasteiger partial charge is 0.253 e. The van der Waals surface area contributed by atoms with Crippen LogP contribution in [0, 0.1) is 11.7 Å². The highest BCUT2D eigenvalue weighted by Gasteiger charge is 2.35. The Labute approximate surface area is 147 Å². The maximum Gasteiger partial charge on any atom is 0.253 e. The number of nitrogens with zero attached hydrogens (tertiary/aromatic N) is 1. The molecule has 1 heterocycles. The van der Waals surface area contributed by atoms with Crippen LogP contribution in [-0.4, -0.2) is 27.6 Å². The number of amides is 1. The van der Waals surface area contributed by atoms with E-state index < -0.39 is 5.60 Å². The lowest BCUT2D eigenvalue weighted by molar-refractivity contribution is 0.0190. The Hall–Kier alpha value is -2.27. The zero-order chi connectivity index (χ0) is 18.0. The van der Waals surface area contributed by atoms with Crippen LogP contribution in [0.2, 0.25) is 0 Å². The van der Waals surface area contributed by atoms with E-state index in [-0.39, 0.29) is 23.7 Å². The van der Waals surface area contributed by atoms with Crippen LogP contribution in [0.3, 0.4) is 0 Å². The standard InChI is InChI=1S/C20H23FN2O2/c1-20(2,25)15-7-8-17(11-15)23-19(24)14-6-9-18(22-12-14)13-4-3-5-16(21)10-13/h3-6,9-10,12,15,17,25H,7-8,11H2,1-2H3,(H,23,24)/t15-,17+/m0/s1. The van der Waals surface area contributed by atoms with E-state index in [1.807, 2.05) is 13.8 Å². The third-order valence-corrected chi connectivity index (χ3v) is 4.91. The van der Waals surface area contributed by atoms with Gasteiger partial charge >= 0.3 is 0 Å². The fraction of sp³-hybridized carbons (Fsp3) is 0.400. The van der Waals surface area contributed by atoms with Crippen LogP contribution in [0.15, 0.2) is 42.6 Å². The van der Waals surface area contributed by atoms with Crippen molar-refractivity contribution in [2.75, 3.05) is 0 Å². The van der Waals surface area contributed by atoms with Gasteiger partial charge in [0.05, 0.1) is 16.9 Å². The molecule has 1 saturated carbocycles. The molecule has 3 rings (SSSR count). The van der Waals surface area contributed by atoms with E-state index in [4.69, 9.17) is 0 Å². The summed E-state index contributed by atoms with van der Waals surface area (Å²) in [5.74, 6) is -0.283. The van der Waals surface area contributed by atoms with Crippen LogP contribution in [0.4, 0.5) is 4.39 Å². The Bertz CT molecular complexity index is 753. The molecule has 1 fully saturated rings. The second-order valence-electron chi connectivity index (χ2n) is 7.28. The maximum atomic E-state index is 13.3. The molecule has 25 heavy (non-hydrogen) atoms. The molecule has 2 aromatic rings. The Morgan fingerprint density at radius 3 is 2.68 bits per heavy atom. The van der Waals surface area contributed by atoms with Crippen LogP contribution >= 0.6 is 0 Å². The third kappa shape index (κ3) is 4.23. The monoisotopic (exact) mass is 342 g/mol. The number of nitrogens with one attached hydrogen (secondary N) is 1. The zero-order valence-electron chi connectivity index (χ0n) is 14.5. The first-order chi connectivity index (χ1) is 11.8. The lowest BCUT2D eigenvalue weighted by Crippen LogP contribution is -2.35. The van der Waals surface area contributed by atoms with Gasteiger partial charge in [0.25, 0.3) is 5.91 Å². The first kappa shape index (κ1) is 17.5. The minimum absolute atomic E-state index is 0.0758. The van der Waals surface area contributed by atoms with E-state index in [0.717, 1.165) is 19.3 Å². The van der Waals surface area contributed by atoms with E-state index in [1.165, 1.54) is 18.3 Å². The number of halogens is 1. The number of aliphatic hydroxyl groups is 1. The van der Waals surface area contributed by atoms with Gasteiger partial charge in [-0.25, -0.2) is 4.39 Å². The van der Waals surface area contributed by atoms with Crippen LogP contribution < -0.4 is 5.32 Å². The van der Waals surface area contributed by atoms with Gasteiger partial charge in [0.2, 0.25) is 0 Å². The number of rotatable bonds is 4. The van der Waals surface area contributed by atoms with Crippen molar-refractivity contribution < 1.29 is 14.3 Å². The maximum absolute atomic E-state index is 13.3. The molecule has 0 radical (unpaired) electrons. The molecule has 0 bridgehead atoms. The van der Waals surface area contributed by atoms with Crippen molar-refractivity contribution in [3.05, 3.63) is 54.0 Å². The van der Waals surface area contributed by atoms with Crippen molar-refractivity contribution >= 4 is 5.91 Å². The summed E-state index contributed by atoms with van der Waals surface area (Å²) in [4.78, 5) is 16.7. The van der Waals surface area contributed by atoms with Crippen molar-refractivity contribution in [2.24, 2.45) is 5.92 Å². The van der Waals surface area contributed by atoms with Gasteiger partial charge in [-0.15, -0.1) is 0 Å². The highest BCUT2D eigenvalue weighted by molar-refractivity contribution is 5.94. The second kappa shape index (κ2) is 6.92. The van der Waals surface area contributed by atoms with Crippen LogP contribution in [0.1, 0.15) is 43.5 Å². The minimum atomic E-state index is -0.715. The molecule has 0 saturated heterocycles. The summed E-state index contributed by atoms with van der Waals surface area (Å²) in [5, 5.41) is 13.1. The number of pyridine rings is 1. The molecule has 1 amide bonds. The lowest BCUT2D eigenvalue weighted by Gasteiger charge is -2.25. The van der Waals surface area contributed by atoms with Crippen LogP contribution in [-0.2, 0) is 0 Å². The first-order valence-electron chi connectivity index (χ1n) is 8.58. The van der Waals surface area contributed by atoms with E-state index in [1.54, 1.807) is 24.3 Å². The molecule has 1 aromatic carbocycles. The van der Waals surface area contributed by atoms with Gasteiger partial charge in [0, 0.05) is 17.8 Å². The van der Waals surface area contributed by atoms with Crippen molar-refractivity contribution in [1.82, 2.24) is 10.3 Å². The van der Waals surface area contributed by atoms with Crippen molar-refractivity contribution in [3.8, 4) is 11.3 Å². The highest BCUT2D eigenvalue weighted by atomic mass is 19.1. The van der Waals surface area contributed by atoms with Crippen molar-refractivity contribution in [3.63, 3.8) is 0 Å². The Kier molecular flexibility index (Phi) is 4.86. The van der Waals surface area contributed by atoms with E-state index in [9.17, 15) is 14.3 Å². The summed E-state index contributed by atoms with van der Waals surface area (Å²) in [6.07, 6.45) is 4.07. The Balaban J connectivity index is 1.64. The van der Waals surface area contributed by atoms with Gasteiger partial charge in [0.1, 0.15) is 5.82 Å². The summed E-state index contributed by atoms with van der Waals surface area (Å²) in [6, 6.07) is 9.70. The molecular weight excluding hydrogens is 319 g/mol. The summed E-state index contributed by atoms with van der Waals surface area (Å²) in [7, 11) is 0. The number of benzene rings is 1. The quantitative estimate of drug-likeness (QED) is 0.893. The summed E-state index contributed by atoms with van der Waals surface area (Å²) in [6.45, 7) is 3.63. The molecule has 0 spiro atoms. The van der Waals surface area contributed by atoms with Gasteiger partial charge in [-0.1, -0.05) is 12.1 Å². The molecule has 1 aliphatic carbocycles. The van der Waals surface area contributed by atoms with Gasteiger partial charge in [-0.3, -0.25) is 9.78 Å². The number of aromatic nitrogens is 1. The average Bonchev–Trinajstić information content (AvgIpc) is 3.04. The molecule has 4 nitrogen and oxygen atoms in total. The molecule has 0 aliphatic heterocycles. The zero-order valence-corrected chi connectivity index (χ0v) is 14.5. The molecule has 1 aliphatic rings. The largest absolute Gasteiger partial charge is 0.390 e. The highest BCUT2D eigenvalue weighted by Crippen LogP contribution is 2.34. The minimum Gasteiger partial charge on any atom is -0.390 e. The molecule has 132 valence electrons. The van der Waals surface area contributed by atoms with E-state index >= 15 is 0 Å². The topological polar surface area (TPSA) is 62.2 Å². The SMILES string of the molecule is CC(C)(O)[C@H]1CC[C@@H](NC(=O)c2ccc(-c3cccc(F)c3)nc2)C1. The van der Waals surface area contributed by atoms with Crippen LogP contribution in [0.25, 0.3) is 11.3 Å². The number of carbonyl (C=O) groups excluding carboxylic acids is 1.